The van der Waals surface area contributed by atoms with E-state index < -0.39 is 127 Å². The number of carbonyl (C=O) groups is 4. The summed E-state index contributed by atoms with van der Waals surface area (Å²) in [6.07, 6.45) is -3.60. The molecule has 250 valence electrons. The van der Waals surface area contributed by atoms with Crippen molar-refractivity contribution in [1.29, 1.82) is 0 Å². The average molecular weight is 663 g/mol. The number of phenolic OH excluding ortho intramolecular Hbond substituents is 9. The van der Waals surface area contributed by atoms with E-state index in [4.69, 9.17) is 0 Å². The van der Waals surface area contributed by atoms with Gasteiger partial charge in [-0.25, -0.2) is 4.79 Å². The van der Waals surface area contributed by atoms with E-state index in [0.717, 1.165) is 0 Å². The van der Waals surface area contributed by atoms with Crippen LogP contribution in [0.5, 0.6) is 51.7 Å². The third-order valence-electron chi connectivity index (χ3n) is 7.93. The van der Waals surface area contributed by atoms with Gasteiger partial charge in [-0.2, -0.15) is 0 Å². The largest absolute Gasteiger partial charge is 0.504 e. The number of benzene rings is 3. The van der Waals surface area contributed by atoms with Crippen molar-refractivity contribution in [1.82, 2.24) is 0 Å². The minimum Gasteiger partial charge on any atom is -0.504 e. The van der Waals surface area contributed by atoms with Crippen LogP contribution in [-0.4, -0.2) is 119 Å². The molecule has 0 amide bonds. The third kappa shape index (κ3) is 4.82. The molecule has 0 saturated heterocycles. The Bertz CT molecular complexity index is 1710. The van der Waals surface area contributed by atoms with Gasteiger partial charge in [-0.15, -0.1) is 0 Å². The van der Waals surface area contributed by atoms with Gasteiger partial charge in [0.25, 0.3) is 0 Å². The molecule has 13 N–H and O–H groups in total. The standard InChI is InChI=1S/C29H26O18/c1-47-25(42)26(43)8-27(44,22(39)10-2-13(30)19(36)14(31)3-10)29(46,24(41)12-6-17(34)21(38)18(35)7-12)28(45,9-26)23(40)11-4-15(32)20(37)16(33)5-11/h2-7,30-38,43-46H,8-9H2,1H3/t26?,27-,28-,29?/m0/s1. The monoisotopic (exact) mass is 662 g/mol. The fraction of sp³-hybridized carbons (Fsp3) is 0.241. The van der Waals surface area contributed by atoms with Crippen LogP contribution in [0.1, 0.15) is 43.9 Å². The summed E-state index contributed by atoms with van der Waals surface area (Å²) < 4.78 is 4.50. The summed E-state index contributed by atoms with van der Waals surface area (Å²) in [6, 6.07) is 2.20. The highest BCUT2D eigenvalue weighted by atomic mass is 16.5. The van der Waals surface area contributed by atoms with Crippen LogP contribution in [0.3, 0.4) is 0 Å². The molecule has 1 fully saturated rings. The lowest BCUT2D eigenvalue weighted by molar-refractivity contribution is -0.246. The van der Waals surface area contributed by atoms with Gasteiger partial charge in [-0.1, -0.05) is 0 Å². The molecule has 3 aromatic rings. The van der Waals surface area contributed by atoms with Gasteiger partial charge in [-0.3, -0.25) is 14.4 Å². The minimum absolute atomic E-state index is 0.350. The van der Waals surface area contributed by atoms with Crippen LogP contribution in [0, 0.1) is 0 Å². The van der Waals surface area contributed by atoms with Crippen molar-refractivity contribution in [3.63, 3.8) is 0 Å². The number of hydrogen-bond donors (Lipinski definition) is 13. The van der Waals surface area contributed by atoms with Crippen LogP contribution in [0.15, 0.2) is 36.4 Å². The van der Waals surface area contributed by atoms with Gasteiger partial charge < -0.3 is 71.1 Å². The third-order valence-corrected chi connectivity index (χ3v) is 7.93. The Morgan fingerprint density at radius 1 is 0.511 bits per heavy atom. The number of ether oxygens (including phenoxy) is 1. The average Bonchev–Trinajstić information content (AvgIpc) is 3.01. The summed E-state index contributed by atoms with van der Waals surface area (Å²) in [7, 11) is 0.683. The smallest absolute Gasteiger partial charge is 0.338 e. The molecule has 18 nitrogen and oxygen atoms in total. The molecule has 0 heterocycles. The van der Waals surface area contributed by atoms with Crippen molar-refractivity contribution in [3.8, 4) is 51.7 Å². The number of phenols is 9. The van der Waals surface area contributed by atoms with Crippen molar-refractivity contribution < 1.29 is 90.3 Å². The van der Waals surface area contributed by atoms with Crippen molar-refractivity contribution in [2.24, 2.45) is 0 Å². The molecule has 2 atom stereocenters. The summed E-state index contributed by atoms with van der Waals surface area (Å²) in [4.78, 5) is 55.2. The van der Waals surface area contributed by atoms with E-state index in [0.29, 0.717) is 43.5 Å². The van der Waals surface area contributed by atoms with E-state index in [1.165, 1.54) is 0 Å². The summed E-state index contributed by atoms with van der Waals surface area (Å²) in [5, 5.41) is 137. The molecule has 0 spiro atoms. The second-order valence-electron chi connectivity index (χ2n) is 10.9. The molecule has 1 aliphatic rings. The van der Waals surface area contributed by atoms with E-state index in [1.807, 2.05) is 0 Å². The Morgan fingerprint density at radius 2 is 0.766 bits per heavy atom. The number of rotatable bonds is 7. The highest BCUT2D eigenvalue weighted by molar-refractivity contribution is 6.19. The van der Waals surface area contributed by atoms with Crippen LogP contribution in [0.4, 0.5) is 0 Å². The predicted octanol–water partition coefficient (Wildman–Crippen LogP) is -1.12. The first-order chi connectivity index (χ1) is 21.6. The normalized spacial score (nSPS) is 25.6. The topological polar surface area (TPSA) is 340 Å². The fourth-order valence-electron chi connectivity index (χ4n) is 5.60. The maximum atomic E-state index is 14.2. The van der Waals surface area contributed by atoms with Gasteiger partial charge in [0.1, 0.15) is 0 Å². The van der Waals surface area contributed by atoms with Crippen molar-refractivity contribution in [3.05, 3.63) is 53.1 Å². The van der Waals surface area contributed by atoms with Crippen LogP contribution in [0.2, 0.25) is 0 Å². The van der Waals surface area contributed by atoms with Crippen molar-refractivity contribution in [2.45, 2.75) is 35.2 Å². The number of methoxy groups -OCH3 is 1. The Kier molecular flexibility index (Phi) is 7.91. The number of aromatic hydroxyl groups is 9. The zero-order valence-electron chi connectivity index (χ0n) is 23.7. The van der Waals surface area contributed by atoms with Gasteiger partial charge in [0.15, 0.2) is 80.1 Å². The maximum Gasteiger partial charge on any atom is 0.338 e. The molecule has 0 aromatic heterocycles. The second-order valence-corrected chi connectivity index (χ2v) is 10.9. The molecule has 1 aliphatic carbocycles. The number of aliphatic hydroxyl groups is 4. The van der Waals surface area contributed by atoms with Crippen molar-refractivity contribution in [2.75, 3.05) is 7.11 Å². The summed E-state index contributed by atoms with van der Waals surface area (Å²) in [6.45, 7) is 0. The molecular formula is C29H26O18. The van der Waals surface area contributed by atoms with Gasteiger partial charge in [0.2, 0.25) is 11.4 Å². The number of hydrogen-bond acceptors (Lipinski definition) is 18. The number of esters is 1. The Balaban J connectivity index is 2.15. The molecular weight excluding hydrogens is 636 g/mol. The summed E-state index contributed by atoms with van der Waals surface area (Å²) in [5.74, 6) is -18.9. The summed E-state index contributed by atoms with van der Waals surface area (Å²) in [5.41, 5.74) is -19.3. The van der Waals surface area contributed by atoms with Gasteiger partial charge in [-0.05, 0) is 36.4 Å². The van der Waals surface area contributed by atoms with Crippen LogP contribution < -0.4 is 0 Å². The first kappa shape index (κ1) is 34.1. The van der Waals surface area contributed by atoms with Crippen LogP contribution in [0.25, 0.3) is 0 Å². The second kappa shape index (κ2) is 10.9. The lowest BCUT2D eigenvalue weighted by Crippen LogP contribution is -2.82. The zero-order chi connectivity index (χ0) is 35.6. The Morgan fingerprint density at radius 3 is 1.02 bits per heavy atom. The van der Waals surface area contributed by atoms with E-state index >= 15 is 0 Å². The minimum atomic E-state index is -4.36. The Labute approximate surface area is 261 Å². The lowest BCUT2D eigenvalue weighted by atomic mass is 9.52. The SMILES string of the molecule is COC(=O)C1(O)C[C@](O)(C(=O)c2cc(O)c(O)c(O)c2)C(O)(C(=O)c2cc(O)c(O)c(O)c2)[C@@](O)(C(=O)c2cc(O)c(O)c(O)c2)C1. The molecule has 4 rings (SSSR count). The first-order valence-corrected chi connectivity index (χ1v) is 13.0. The fourth-order valence-corrected chi connectivity index (χ4v) is 5.60. The quantitative estimate of drug-likeness (QED) is 0.0808. The number of Topliss-reactive ketones (excluding diaryl/α,β-unsaturated/α-hetero) is 3. The molecule has 18 heteroatoms. The molecule has 1 saturated carbocycles. The first-order valence-electron chi connectivity index (χ1n) is 13.0. The number of ketones is 3. The van der Waals surface area contributed by atoms with Crippen LogP contribution >= 0.6 is 0 Å². The molecule has 47 heavy (non-hydrogen) atoms. The maximum absolute atomic E-state index is 14.2. The molecule has 0 unspecified atom stereocenters. The van der Waals surface area contributed by atoms with Crippen molar-refractivity contribution >= 4 is 23.3 Å². The summed E-state index contributed by atoms with van der Waals surface area (Å²) >= 11 is 0. The predicted molar refractivity (Wildman–Crippen MR) is 148 cm³/mol. The zero-order valence-corrected chi connectivity index (χ0v) is 23.7. The molecule has 0 aliphatic heterocycles. The molecule has 0 radical (unpaired) electrons. The Hall–Kier alpha value is -5.82. The lowest BCUT2D eigenvalue weighted by Gasteiger charge is -2.56. The highest BCUT2D eigenvalue weighted by Crippen LogP contribution is 2.54. The van der Waals surface area contributed by atoms with E-state index in [-0.39, 0.29) is 0 Å². The van der Waals surface area contributed by atoms with E-state index in [9.17, 15) is 85.6 Å². The van der Waals surface area contributed by atoms with Crippen LogP contribution in [-0.2, 0) is 9.53 Å². The van der Waals surface area contributed by atoms with Gasteiger partial charge in [0.05, 0.1) is 7.11 Å². The highest BCUT2D eigenvalue weighted by Gasteiger charge is 2.79. The van der Waals surface area contributed by atoms with E-state index in [2.05, 4.69) is 4.74 Å². The van der Waals surface area contributed by atoms with E-state index in [1.54, 1.807) is 0 Å². The number of carbonyl (C=O) groups excluding carboxylic acids is 4. The van der Waals surface area contributed by atoms with Gasteiger partial charge in [0, 0.05) is 29.5 Å². The molecule has 0 bridgehead atoms. The molecule has 3 aromatic carbocycles. The van der Waals surface area contributed by atoms with Gasteiger partial charge >= 0.3 is 5.97 Å².